The highest BCUT2D eigenvalue weighted by Gasteiger charge is 2.22. The Hall–Kier alpha value is -2.18. The number of halogens is 1. The fourth-order valence-corrected chi connectivity index (χ4v) is 2.04. The van der Waals surface area contributed by atoms with Crippen LogP contribution in [0.15, 0.2) is 12.1 Å². The van der Waals surface area contributed by atoms with E-state index in [1.165, 1.54) is 12.8 Å². The van der Waals surface area contributed by atoms with Crippen LogP contribution in [0.1, 0.15) is 36.0 Å². The molecule has 0 spiro atoms. The largest absolute Gasteiger partial charge is 0.478 e. The number of benzene rings is 1. The molecule has 0 heterocycles. The average Bonchev–Trinajstić information content (AvgIpc) is 3.19. The Labute approximate surface area is 114 Å². The summed E-state index contributed by atoms with van der Waals surface area (Å²) in [6.45, 7) is 0.502. The summed E-state index contributed by atoms with van der Waals surface area (Å²) < 4.78 is 13.4. The van der Waals surface area contributed by atoms with Gasteiger partial charge in [-0.15, -0.1) is 0 Å². The summed E-state index contributed by atoms with van der Waals surface area (Å²) in [6, 6.07) is 1.62. The summed E-state index contributed by atoms with van der Waals surface area (Å²) >= 11 is 0. The van der Waals surface area contributed by atoms with Gasteiger partial charge in [-0.1, -0.05) is 12.8 Å². The second-order valence-electron chi connectivity index (χ2n) is 4.92. The van der Waals surface area contributed by atoms with Crippen molar-refractivity contribution in [3.05, 3.63) is 33.6 Å². The maximum absolute atomic E-state index is 13.4. The number of nitro groups is 1. The zero-order valence-corrected chi connectivity index (χ0v) is 10.8. The van der Waals surface area contributed by atoms with Crippen molar-refractivity contribution < 1.29 is 19.2 Å². The molecule has 20 heavy (non-hydrogen) atoms. The van der Waals surface area contributed by atoms with E-state index in [0.717, 1.165) is 24.8 Å². The molecule has 1 fully saturated rings. The fourth-order valence-electron chi connectivity index (χ4n) is 2.04. The number of aromatic carboxylic acids is 1. The topological polar surface area (TPSA) is 92.5 Å². The van der Waals surface area contributed by atoms with Crippen molar-refractivity contribution in [3.8, 4) is 0 Å². The average molecular weight is 282 g/mol. The number of carboxylic acids is 1. The molecule has 7 heteroatoms. The van der Waals surface area contributed by atoms with Gasteiger partial charge in [-0.3, -0.25) is 10.1 Å². The molecule has 2 rings (SSSR count). The molecule has 0 aliphatic heterocycles. The summed E-state index contributed by atoms with van der Waals surface area (Å²) in [6.07, 6.45) is 4.37. The third-order valence-corrected chi connectivity index (χ3v) is 3.31. The number of nitrogens with zero attached hydrogens (tertiary/aromatic N) is 1. The minimum atomic E-state index is -1.45. The van der Waals surface area contributed by atoms with Crippen LogP contribution < -0.4 is 5.32 Å². The van der Waals surface area contributed by atoms with Crippen LogP contribution in [0.5, 0.6) is 0 Å². The molecule has 2 N–H and O–H groups in total. The van der Waals surface area contributed by atoms with Gasteiger partial charge < -0.3 is 10.4 Å². The first-order valence-electron chi connectivity index (χ1n) is 6.44. The maximum Gasteiger partial charge on any atom is 0.338 e. The van der Waals surface area contributed by atoms with Gasteiger partial charge in [0, 0.05) is 6.54 Å². The minimum absolute atomic E-state index is 0.0459. The summed E-state index contributed by atoms with van der Waals surface area (Å²) in [5.41, 5.74) is -0.969. The number of anilines is 1. The van der Waals surface area contributed by atoms with E-state index >= 15 is 0 Å². The Kier molecular flexibility index (Phi) is 4.16. The molecule has 0 saturated heterocycles. The lowest BCUT2D eigenvalue weighted by molar-refractivity contribution is -0.384. The third-order valence-electron chi connectivity index (χ3n) is 3.31. The van der Waals surface area contributed by atoms with Crippen LogP contribution >= 0.6 is 0 Å². The molecule has 0 amide bonds. The normalized spacial score (nSPS) is 14.1. The van der Waals surface area contributed by atoms with Gasteiger partial charge in [0.25, 0.3) is 5.69 Å². The van der Waals surface area contributed by atoms with Crippen molar-refractivity contribution in [2.75, 3.05) is 11.9 Å². The van der Waals surface area contributed by atoms with Gasteiger partial charge in [0.1, 0.15) is 11.5 Å². The Balaban J connectivity index is 2.11. The van der Waals surface area contributed by atoms with Gasteiger partial charge in [0.2, 0.25) is 0 Å². The summed E-state index contributed by atoms with van der Waals surface area (Å²) in [7, 11) is 0. The van der Waals surface area contributed by atoms with Crippen molar-refractivity contribution >= 4 is 17.3 Å². The fraction of sp³-hybridized carbons (Fsp3) is 0.462. The highest BCUT2D eigenvalue weighted by molar-refractivity contribution is 5.90. The number of rotatable bonds is 7. The molecule has 108 valence electrons. The number of carboxylic acid groups (broad SMARTS) is 1. The zero-order chi connectivity index (χ0) is 14.7. The quantitative estimate of drug-likeness (QED) is 0.455. The van der Waals surface area contributed by atoms with Gasteiger partial charge in [0.05, 0.1) is 16.6 Å². The standard InChI is InChI=1S/C13H15FN2O4/c14-10-7-12(16(19)20)11(6-9(10)13(17)18)15-5-1-2-8-3-4-8/h6-8,15H,1-5H2,(H,17,18). The number of hydrogen-bond acceptors (Lipinski definition) is 4. The lowest BCUT2D eigenvalue weighted by Gasteiger charge is -2.08. The predicted octanol–water partition coefficient (Wildman–Crippen LogP) is 3.03. The van der Waals surface area contributed by atoms with Crippen LogP contribution in [0.25, 0.3) is 0 Å². The Morgan fingerprint density at radius 1 is 1.50 bits per heavy atom. The second-order valence-corrected chi connectivity index (χ2v) is 4.92. The first kappa shape index (κ1) is 14.2. The summed E-state index contributed by atoms with van der Waals surface area (Å²) in [4.78, 5) is 21.0. The molecule has 1 saturated carbocycles. The molecule has 1 aromatic rings. The van der Waals surface area contributed by atoms with Crippen LogP contribution in [-0.2, 0) is 0 Å². The van der Waals surface area contributed by atoms with Crippen LogP contribution in [0.2, 0.25) is 0 Å². The van der Waals surface area contributed by atoms with Gasteiger partial charge in [-0.25, -0.2) is 9.18 Å². The van der Waals surface area contributed by atoms with Crippen molar-refractivity contribution in [2.24, 2.45) is 5.92 Å². The highest BCUT2D eigenvalue weighted by Crippen LogP contribution is 2.33. The van der Waals surface area contributed by atoms with E-state index in [4.69, 9.17) is 5.11 Å². The Bertz CT molecular complexity index is 543. The van der Waals surface area contributed by atoms with E-state index < -0.39 is 28.0 Å². The van der Waals surface area contributed by atoms with Crippen LogP contribution in [0.3, 0.4) is 0 Å². The maximum atomic E-state index is 13.4. The van der Waals surface area contributed by atoms with Gasteiger partial charge in [-0.2, -0.15) is 0 Å². The number of nitro benzene ring substituents is 1. The predicted molar refractivity (Wildman–Crippen MR) is 70.5 cm³/mol. The molecule has 1 aliphatic rings. The van der Waals surface area contributed by atoms with Crippen molar-refractivity contribution in [1.29, 1.82) is 0 Å². The molecule has 6 nitrogen and oxygen atoms in total. The van der Waals surface area contributed by atoms with E-state index in [9.17, 15) is 19.3 Å². The summed E-state index contributed by atoms with van der Waals surface area (Å²) in [5, 5.41) is 22.5. The molecule has 0 radical (unpaired) electrons. The van der Waals surface area contributed by atoms with E-state index in [1.54, 1.807) is 0 Å². The SMILES string of the molecule is O=C(O)c1cc(NCCCC2CC2)c([N+](=O)[O-])cc1F. The monoisotopic (exact) mass is 282 g/mol. The molecule has 0 atom stereocenters. The zero-order valence-electron chi connectivity index (χ0n) is 10.8. The second kappa shape index (κ2) is 5.85. The van der Waals surface area contributed by atoms with Crippen LogP contribution in [0, 0.1) is 21.8 Å². The van der Waals surface area contributed by atoms with E-state index in [1.807, 2.05) is 0 Å². The molecule has 1 aliphatic carbocycles. The van der Waals surface area contributed by atoms with Crippen molar-refractivity contribution in [1.82, 2.24) is 0 Å². The van der Waals surface area contributed by atoms with Crippen LogP contribution in [-0.4, -0.2) is 22.5 Å². The van der Waals surface area contributed by atoms with Gasteiger partial charge >= 0.3 is 5.97 Å². The Morgan fingerprint density at radius 3 is 2.75 bits per heavy atom. The van der Waals surface area contributed by atoms with E-state index in [2.05, 4.69) is 5.32 Å². The number of nitrogens with one attached hydrogen (secondary N) is 1. The molecule has 0 bridgehead atoms. The van der Waals surface area contributed by atoms with Crippen LogP contribution in [0.4, 0.5) is 15.8 Å². The summed E-state index contributed by atoms with van der Waals surface area (Å²) in [5.74, 6) is -1.79. The van der Waals surface area contributed by atoms with Gasteiger partial charge in [0.15, 0.2) is 0 Å². The van der Waals surface area contributed by atoms with E-state index in [0.29, 0.717) is 12.6 Å². The van der Waals surface area contributed by atoms with Crippen molar-refractivity contribution in [2.45, 2.75) is 25.7 Å². The molecule has 0 aromatic heterocycles. The Morgan fingerprint density at radius 2 is 2.20 bits per heavy atom. The number of hydrogen-bond donors (Lipinski definition) is 2. The third kappa shape index (κ3) is 3.43. The molecule has 0 unspecified atom stereocenters. The van der Waals surface area contributed by atoms with Crippen molar-refractivity contribution in [3.63, 3.8) is 0 Å². The van der Waals surface area contributed by atoms with E-state index in [-0.39, 0.29) is 5.69 Å². The minimum Gasteiger partial charge on any atom is -0.478 e. The lowest BCUT2D eigenvalue weighted by atomic mass is 10.1. The number of carbonyl (C=O) groups is 1. The first-order chi connectivity index (χ1) is 9.49. The van der Waals surface area contributed by atoms with Gasteiger partial charge in [-0.05, 0) is 24.8 Å². The highest BCUT2D eigenvalue weighted by atomic mass is 19.1. The lowest BCUT2D eigenvalue weighted by Crippen LogP contribution is -2.08. The smallest absolute Gasteiger partial charge is 0.338 e. The first-order valence-corrected chi connectivity index (χ1v) is 6.44. The molecule has 1 aromatic carbocycles. The molecular formula is C13H15FN2O4. The molecular weight excluding hydrogens is 267 g/mol.